The number of amides is 1. The van der Waals surface area contributed by atoms with E-state index in [1.807, 2.05) is 35.1 Å². The highest BCUT2D eigenvalue weighted by Gasteiger charge is 2.25. The van der Waals surface area contributed by atoms with E-state index in [1.165, 1.54) is 5.56 Å². The summed E-state index contributed by atoms with van der Waals surface area (Å²) < 4.78 is 7.58. The van der Waals surface area contributed by atoms with Crippen LogP contribution in [0.1, 0.15) is 48.0 Å². The summed E-state index contributed by atoms with van der Waals surface area (Å²) in [6, 6.07) is 8.00. The van der Waals surface area contributed by atoms with Crippen molar-refractivity contribution in [2.24, 2.45) is 0 Å². The maximum absolute atomic E-state index is 12.4. The van der Waals surface area contributed by atoms with Gasteiger partial charge in [-0.1, -0.05) is 12.1 Å². The average Bonchev–Trinajstić information content (AvgIpc) is 3.21. The number of nitrogens with one attached hydrogen (secondary N) is 1. The normalized spacial score (nSPS) is 21.0. The summed E-state index contributed by atoms with van der Waals surface area (Å²) in [5.74, 6) is -0.0920. The molecule has 6 heteroatoms. The van der Waals surface area contributed by atoms with E-state index in [1.54, 1.807) is 0 Å². The summed E-state index contributed by atoms with van der Waals surface area (Å²) in [6.45, 7) is 2.05. The molecule has 1 aliphatic carbocycles. The lowest BCUT2D eigenvalue weighted by atomic mass is 9.91. The fourth-order valence-electron chi connectivity index (χ4n) is 3.33. The number of aryl methyl sites for hydroxylation is 1. The molecule has 4 rings (SSSR count). The summed E-state index contributed by atoms with van der Waals surface area (Å²) in [4.78, 5) is 16.6. The zero-order valence-corrected chi connectivity index (χ0v) is 13.6. The van der Waals surface area contributed by atoms with E-state index in [-0.39, 0.29) is 17.8 Å². The Labute approximate surface area is 139 Å². The van der Waals surface area contributed by atoms with Crippen molar-refractivity contribution in [3.05, 3.63) is 48.1 Å². The highest BCUT2D eigenvalue weighted by molar-refractivity contribution is 5.92. The molecule has 1 aliphatic rings. The number of para-hydroxylation sites is 2. The van der Waals surface area contributed by atoms with Gasteiger partial charge in [0.25, 0.3) is 5.89 Å². The molecule has 2 heterocycles. The Morgan fingerprint density at radius 3 is 2.75 bits per heavy atom. The second kappa shape index (κ2) is 6.11. The molecule has 1 amide bonds. The molecule has 0 atom stereocenters. The molecule has 6 nitrogen and oxygen atoms in total. The lowest BCUT2D eigenvalue weighted by molar-refractivity contribution is 0.0889. The first-order valence-electron chi connectivity index (χ1n) is 8.36. The first-order valence-corrected chi connectivity index (χ1v) is 8.36. The number of nitrogens with zero attached hydrogens (tertiary/aromatic N) is 3. The molecule has 0 saturated heterocycles. The van der Waals surface area contributed by atoms with Crippen LogP contribution in [-0.4, -0.2) is 26.7 Å². The minimum atomic E-state index is -0.232. The number of benzene rings is 1. The van der Waals surface area contributed by atoms with Crippen LogP contribution in [0.15, 0.2) is 41.1 Å². The zero-order chi connectivity index (χ0) is 16.5. The smallest absolute Gasteiger partial charge is 0.307 e. The van der Waals surface area contributed by atoms with E-state index in [0.29, 0.717) is 17.1 Å². The molecule has 3 aromatic rings. The maximum atomic E-state index is 12.4. The molecular weight excluding hydrogens is 304 g/mol. The number of hydrogen-bond acceptors (Lipinski definition) is 4. The Hall–Kier alpha value is -2.63. The first-order chi connectivity index (χ1) is 11.7. The summed E-state index contributed by atoms with van der Waals surface area (Å²) in [5, 5.41) is 7.45. The Bertz CT molecular complexity index is 826. The van der Waals surface area contributed by atoms with Crippen LogP contribution in [0.25, 0.3) is 11.1 Å². The minimum Gasteiger partial charge on any atom is -0.432 e. The average molecular weight is 324 g/mol. The topological polar surface area (TPSA) is 73.0 Å². The quantitative estimate of drug-likeness (QED) is 0.802. The van der Waals surface area contributed by atoms with Crippen molar-refractivity contribution < 1.29 is 9.21 Å². The maximum Gasteiger partial charge on any atom is 0.307 e. The predicted molar refractivity (Wildman–Crippen MR) is 89.7 cm³/mol. The van der Waals surface area contributed by atoms with Crippen molar-refractivity contribution >= 4 is 17.0 Å². The number of carbonyl (C=O) groups excluding carboxylic acids is 1. The van der Waals surface area contributed by atoms with Gasteiger partial charge in [-0.2, -0.15) is 5.10 Å². The fourth-order valence-corrected chi connectivity index (χ4v) is 3.33. The Balaban J connectivity index is 1.37. The van der Waals surface area contributed by atoms with Gasteiger partial charge in [0, 0.05) is 12.2 Å². The Morgan fingerprint density at radius 1 is 1.25 bits per heavy atom. The van der Waals surface area contributed by atoms with Crippen molar-refractivity contribution in [3.63, 3.8) is 0 Å². The second-order valence-electron chi connectivity index (χ2n) is 6.46. The number of hydrogen-bond donors (Lipinski definition) is 1. The van der Waals surface area contributed by atoms with Gasteiger partial charge in [-0.05, 0) is 50.3 Å². The van der Waals surface area contributed by atoms with Crippen LogP contribution in [0.3, 0.4) is 0 Å². The Kier molecular flexibility index (Phi) is 3.80. The lowest BCUT2D eigenvalue weighted by Crippen LogP contribution is -2.38. The highest BCUT2D eigenvalue weighted by atomic mass is 16.4. The molecule has 0 radical (unpaired) electrons. The van der Waals surface area contributed by atoms with Gasteiger partial charge >= 0.3 is 5.91 Å². The van der Waals surface area contributed by atoms with E-state index in [0.717, 1.165) is 25.7 Å². The summed E-state index contributed by atoms with van der Waals surface area (Å²) in [5.41, 5.74) is 2.53. The van der Waals surface area contributed by atoms with Gasteiger partial charge < -0.3 is 9.73 Å². The predicted octanol–water partition coefficient (Wildman–Crippen LogP) is 3.25. The van der Waals surface area contributed by atoms with Gasteiger partial charge in [-0.3, -0.25) is 9.48 Å². The van der Waals surface area contributed by atoms with Gasteiger partial charge in [0.15, 0.2) is 5.58 Å². The zero-order valence-electron chi connectivity index (χ0n) is 13.6. The highest BCUT2D eigenvalue weighted by Crippen LogP contribution is 2.28. The molecule has 1 N–H and O–H groups in total. The van der Waals surface area contributed by atoms with E-state index in [4.69, 9.17) is 4.42 Å². The molecule has 24 heavy (non-hydrogen) atoms. The van der Waals surface area contributed by atoms with Crippen LogP contribution in [-0.2, 0) is 0 Å². The number of aromatic nitrogens is 3. The van der Waals surface area contributed by atoms with Crippen LogP contribution in [0.4, 0.5) is 0 Å². The van der Waals surface area contributed by atoms with E-state index >= 15 is 0 Å². The second-order valence-corrected chi connectivity index (χ2v) is 6.46. The lowest BCUT2D eigenvalue weighted by Gasteiger charge is -2.28. The molecule has 0 aliphatic heterocycles. The number of carbonyl (C=O) groups is 1. The molecule has 1 saturated carbocycles. The number of rotatable bonds is 3. The van der Waals surface area contributed by atoms with Crippen molar-refractivity contribution in [1.82, 2.24) is 20.1 Å². The number of oxazole rings is 1. The standard InChI is InChI=1S/C18H20N4O2/c1-12-10-19-22(11-12)14-8-6-13(7-9-14)20-17(23)18-21-15-4-2-3-5-16(15)24-18/h2-5,10-11,13-14H,6-9H2,1H3,(H,20,23). The van der Waals surface area contributed by atoms with Gasteiger partial charge in [0.05, 0.1) is 12.2 Å². The molecule has 0 bridgehead atoms. The van der Waals surface area contributed by atoms with Gasteiger partial charge in [-0.15, -0.1) is 0 Å². The van der Waals surface area contributed by atoms with Crippen molar-refractivity contribution in [3.8, 4) is 0 Å². The third kappa shape index (κ3) is 2.91. The fraction of sp³-hybridized carbons (Fsp3) is 0.389. The molecule has 0 unspecified atom stereocenters. The minimum absolute atomic E-state index is 0.140. The van der Waals surface area contributed by atoms with Gasteiger partial charge in [0.1, 0.15) is 5.52 Å². The van der Waals surface area contributed by atoms with Crippen molar-refractivity contribution in [2.45, 2.75) is 44.7 Å². The van der Waals surface area contributed by atoms with Gasteiger partial charge in [-0.25, -0.2) is 4.98 Å². The molecular formula is C18H20N4O2. The van der Waals surface area contributed by atoms with Gasteiger partial charge in [0.2, 0.25) is 0 Å². The third-order valence-electron chi connectivity index (χ3n) is 4.62. The van der Waals surface area contributed by atoms with E-state index in [2.05, 4.69) is 28.5 Å². The number of fused-ring (bicyclic) bond motifs is 1. The van der Waals surface area contributed by atoms with Crippen LogP contribution in [0.5, 0.6) is 0 Å². The van der Waals surface area contributed by atoms with Crippen LogP contribution in [0.2, 0.25) is 0 Å². The SMILES string of the molecule is Cc1cnn(C2CCC(NC(=O)c3nc4ccccc4o3)CC2)c1. The van der Waals surface area contributed by atoms with Crippen molar-refractivity contribution in [2.75, 3.05) is 0 Å². The third-order valence-corrected chi connectivity index (χ3v) is 4.62. The Morgan fingerprint density at radius 2 is 2.04 bits per heavy atom. The summed E-state index contributed by atoms with van der Waals surface area (Å²) in [6.07, 6.45) is 7.88. The molecule has 1 aromatic carbocycles. The monoisotopic (exact) mass is 324 g/mol. The van der Waals surface area contributed by atoms with Crippen molar-refractivity contribution in [1.29, 1.82) is 0 Å². The summed E-state index contributed by atoms with van der Waals surface area (Å²) in [7, 11) is 0. The van der Waals surface area contributed by atoms with Crippen LogP contribution < -0.4 is 5.32 Å². The largest absolute Gasteiger partial charge is 0.432 e. The van der Waals surface area contributed by atoms with Crippen LogP contribution in [0, 0.1) is 6.92 Å². The van der Waals surface area contributed by atoms with Crippen LogP contribution >= 0.6 is 0 Å². The van der Waals surface area contributed by atoms with E-state index in [9.17, 15) is 4.79 Å². The van der Waals surface area contributed by atoms with E-state index < -0.39 is 0 Å². The molecule has 1 fully saturated rings. The molecule has 2 aromatic heterocycles. The first kappa shape index (κ1) is 14.9. The molecule has 124 valence electrons. The summed E-state index contributed by atoms with van der Waals surface area (Å²) >= 11 is 0. The molecule has 0 spiro atoms.